The average molecular weight is 249 g/mol. The third-order valence-electron chi connectivity index (χ3n) is 3.41. The van der Waals surface area contributed by atoms with Gasteiger partial charge < -0.3 is 9.73 Å². The Kier molecular flexibility index (Phi) is 2.99. The van der Waals surface area contributed by atoms with Gasteiger partial charge in [-0.25, -0.2) is 4.79 Å². The molecule has 1 fully saturated rings. The minimum absolute atomic E-state index is 0.197. The molecule has 1 saturated heterocycles. The predicted octanol–water partition coefficient (Wildman–Crippen LogP) is 2.40. The number of para-hydroxylation sites is 1. The van der Waals surface area contributed by atoms with Crippen LogP contribution in [0.5, 0.6) is 0 Å². The monoisotopic (exact) mass is 249 g/mol. The maximum absolute atomic E-state index is 11.3. The molecule has 0 atom stereocenters. The van der Waals surface area contributed by atoms with Crippen LogP contribution in [0.4, 0.5) is 0 Å². The van der Waals surface area contributed by atoms with E-state index in [1.807, 2.05) is 12.1 Å². The van der Waals surface area contributed by atoms with Crippen LogP contribution < -0.4 is 10.3 Å². The number of hydrogen-bond acceptors (Lipinski definition) is 4. The number of rotatable bonds is 2. The van der Waals surface area contributed by atoms with Crippen molar-refractivity contribution in [3.63, 3.8) is 0 Å². The van der Waals surface area contributed by atoms with Crippen molar-refractivity contribution >= 4 is 21.6 Å². The zero-order chi connectivity index (χ0) is 11.7. The van der Waals surface area contributed by atoms with Crippen molar-refractivity contribution in [1.82, 2.24) is 5.32 Å². The highest BCUT2D eigenvalue weighted by Gasteiger charge is 2.16. The minimum atomic E-state index is -0.197. The molecule has 90 valence electrons. The topological polar surface area (TPSA) is 42.2 Å². The summed E-state index contributed by atoms with van der Waals surface area (Å²) in [6, 6.07) is 6.06. The van der Waals surface area contributed by atoms with E-state index in [1.165, 1.54) is 29.7 Å². The number of hydrogen-bond donors (Lipinski definition) is 1. The third-order valence-corrected chi connectivity index (χ3v) is 4.20. The molecule has 2 aromatic rings. The molecule has 17 heavy (non-hydrogen) atoms. The quantitative estimate of drug-likeness (QED) is 0.888. The molecule has 1 aromatic carbocycles. The molecule has 4 heteroatoms. The highest BCUT2D eigenvalue weighted by molar-refractivity contribution is 7.16. The van der Waals surface area contributed by atoms with Crippen molar-refractivity contribution in [3.05, 3.63) is 33.5 Å². The molecule has 0 radical (unpaired) electrons. The van der Waals surface area contributed by atoms with E-state index in [-0.39, 0.29) is 4.94 Å². The summed E-state index contributed by atoms with van der Waals surface area (Å²) >= 11 is 1.19. The molecule has 1 N–H and O–H groups in total. The largest absolute Gasteiger partial charge is 0.414 e. The first kappa shape index (κ1) is 11.0. The fourth-order valence-corrected chi connectivity index (χ4v) is 3.23. The van der Waals surface area contributed by atoms with Crippen molar-refractivity contribution < 1.29 is 4.42 Å². The van der Waals surface area contributed by atoms with Gasteiger partial charge in [0.25, 0.3) is 0 Å². The van der Waals surface area contributed by atoms with Gasteiger partial charge in [0.1, 0.15) is 0 Å². The van der Waals surface area contributed by atoms with Gasteiger partial charge in [-0.2, -0.15) is 0 Å². The summed E-state index contributed by atoms with van der Waals surface area (Å²) in [5.74, 6) is 0.715. The molecule has 0 spiro atoms. The lowest BCUT2D eigenvalue weighted by Crippen LogP contribution is -2.28. The number of fused-ring (bicyclic) bond motifs is 1. The zero-order valence-corrected chi connectivity index (χ0v) is 10.4. The molecular formula is C13H15NO2S. The van der Waals surface area contributed by atoms with Gasteiger partial charge >= 0.3 is 4.94 Å². The lowest BCUT2D eigenvalue weighted by Gasteiger charge is -2.22. The third kappa shape index (κ3) is 2.28. The van der Waals surface area contributed by atoms with E-state index in [9.17, 15) is 4.79 Å². The Morgan fingerprint density at radius 2 is 2.18 bits per heavy atom. The minimum Gasteiger partial charge on any atom is -0.414 e. The van der Waals surface area contributed by atoms with Gasteiger partial charge in [-0.15, -0.1) is 0 Å². The second-order valence-corrected chi connectivity index (χ2v) is 5.57. The first-order valence-corrected chi connectivity index (χ1v) is 6.87. The normalized spacial score (nSPS) is 17.6. The van der Waals surface area contributed by atoms with Gasteiger partial charge in [0, 0.05) is 0 Å². The Hall–Kier alpha value is -1.13. The van der Waals surface area contributed by atoms with Gasteiger partial charge in [-0.3, -0.25) is 0 Å². The first-order valence-electron chi connectivity index (χ1n) is 6.05. The van der Waals surface area contributed by atoms with Crippen LogP contribution in [0.15, 0.2) is 27.4 Å². The van der Waals surface area contributed by atoms with Gasteiger partial charge in [0.2, 0.25) is 0 Å². The molecule has 2 heterocycles. The van der Waals surface area contributed by atoms with Crippen LogP contribution in [0.3, 0.4) is 0 Å². The van der Waals surface area contributed by atoms with E-state index in [0.717, 1.165) is 29.8 Å². The molecule has 1 aliphatic rings. The van der Waals surface area contributed by atoms with Crippen LogP contribution in [0.1, 0.15) is 18.4 Å². The molecule has 0 aliphatic carbocycles. The fourth-order valence-electron chi connectivity index (χ4n) is 2.51. The summed E-state index contributed by atoms with van der Waals surface area (Å²) < 4.78 is 6.26. The lowest BCUT2D eigenvalue weighted by atomic mass is 9.91. The summed E-state index contributed by atoms with van der Waals surface area (Å²) in [6.45, 7) is 2.21. The van der Waals surface area contributed by atoms with E-state index in [1.54, 1.807) is 0 Å². The van der Waals surface area contributed by atoms with E-state index < -0.39 is 0 Å². The second-order valence-electron chi connectivity index (χ2n) is 4.60. The number of piperidine rings is 1. The predicted molar refractivity (Wildman–Crippen MR) is 69.7 cm³/mol. The van der Waals surface area contributed by atoms with E-state index in [4.69, 9.17) is 4.42 Å². The standard InChI is InChI=1S/C13H15NO2S/c15-13-16-12-10(2-1-3-11(12)17-13)8-9-4-6-14-7-5-9/h1-3,9,14H,4-8H2. The SMILES string of the molecule is O=c1oc2c(CC3CCNCC3)cccc2s1. The van der Waals surface area contributed by atoms with Crippen molar-refractivity contribution in [1.29, 1.82) is 0 Å². The molecule has 0 amide bonds. The molecule has 0 unspecified atom stereocenters. The maximum Gasteiger partial charge on any atom is 0.396 e. The summed E-state index contributed by atoms with van der Waals surface area (Å²) in [4.78, 5) is 11.1. The Bertz CT molecular complexity index is 566. The molecule has 0 bridgehead atoms. The van der Waals surface area contributed by atoms with Gasteiger partial charge in [-0.1, -0.05) is 23.5 Å². The van der Waals surface area contributed by atoms with Crippen LogP contribution in [0, 0.1) is 5.92 Å². The molecule has 1 aromatic heterocycles. The van der Waals surface area contributed by atoms with Crippen LogP contribution in [0.2, 0.25) is 0 Å². The lowest BCUT2D eigenvalue weighted by molar-refractivity contribution is 0.372. The highest BCUT2D eigenvalue weighted by Crippen LogP contribution is 2.25. The van der Waals surface area contributed by atoms with E-state index in [2.05, 4.69) is 11.4 Å². The van der Waals surface area contributed by atoms with Gasteiger partial charge in [0.15, 0.2) is 5.58 Å². The van der Waals surface area contributed by atoms with E-state index >= 15 is 0 Å². The van der Waals surface area contributed by atoms with Crippen LogP contribution >= 0.6 is 11.3 Å². The molecule has 1 aliphatic heterocycles. The summed E-state index contributed by atoms with van der Waals surface area (Å²) in [6.07, 6.45) is 3.45. The van der Waals surface area contributed by atoms with Crippen LogP contribution in [-0.4, -0.2) is 13.1 Å². The molecule has 0 saturated carbocycles. The Labute approximate surface area is 103 Å². The first-order chi connectivity index (χ1) is 8.33. The summed E-state index contributed by atoms with van der Waals surface area (Å²) in [7, 11) is 0. The molecule has 3 nitrogen and oxygen atoms in total. The average Bonchev–Trinajstić information content (AvgIpc) is 2.72. The summed E-state index contributed by atoms with van der Waals surface area (Å²) in [5, 5.41) is 3.37. The highest BCUT2D eigenvalue weighted by atomic mass is 32.1. The second kappa shape index (κ2) is 4.63. The molecule has 3 rings (SSSR count). The smallest absolute Gasteiger partial charge is 0.396 e. The van der Waals surface area contributed by atoms with E-state index in [0.29, 0.717) is 5.92 Å². The van der Waals surface area contributed by atoms with Crippen molar-refractivity contribution in [2.24, 2.45) is 5.92 Å². The summed E-state index contributed by atoms with van der Waals surface area (Å²) in [5.41, 5.74) is 1.99. The van der Waals surface area contributed by atoms with Crippen molar-refractivity contribution in [2.75, 3.05) is 13.1 Å². The maximum atomic E-state index is 11.3. The van der Waals surface area contributed by atoms with Crippen molar-refractivity contribution in [2.45, 2.75) is 19.3 Å². The zero-order valence-electron chi connectivity index (χ0n) is 9.57. The Morgan fingerprint density at radius 1 is 1.35 bits per heavy atom. The Morgan fingerprint density at radius 3 is 3.00 bits per heavy atom. The Balaban J connectivity index is 1.91. The van der Waals surface area contributed by atoms with Crippen LogP contribution in [0.25, 0.3) is 10.3 Å². The molecular weight excluding hydrogens is 234 g/mol. The number of nitrogens with one attached hydrogen (secondary N) is 1. The fraction of sp³-hybridized carbons (Fsp3) is 0.462. The van der Waals surface area contributed by atoms with Crippen molar-refractivity contribution in [3.8, 4) is 0 Å². The van der Waals surface area contributed by atoms with Gasteiger partial charge in [-0.05, 0) is 49.9 Å². The van der Waals surface area contributed by atoms with Gasteiger partial charge in [0.05, 0.1) is 4.70 Å². The number of benzene rings is 1. The van der Waals surface area contributed by atoms with Crippen LogP contribution in [-0.2, 0) is 6.42 Å².